The number of hydrogen-bond donors (Lipinski definition) is 2. The highest BCUT2D eigenvalue weighted by molar-refractivity contribution is 5.77. The quantitative estimate of drug-likeness (QED) is 0.683. The molecule has 1 fully saturated rings. The van der Waals surface area contributed by atoms with Gasteiger partial charge in [0.15, 0.2) is 0 Å². The average Bonchev–Trinajstić information content (AvgIpc) is 2.70. The first-order valence-corrected chi connectivity index (χ1v) is 5.83. The lowest BCUT2D eigenvalue weighted by Gasteiger charge is -2.13. The van der Waals surface area contributed by atoms with Crippen molar-refractivity contribution in [2.24, 2.45) is 0 Å². The van der Waals surface area contributed by atoms with Gasteiger partial charge in [-0.15, -0.1) is 0 Å². The minimum absolute atomic E-state index is 0.0117. The van der Waals surface area contributed by atoms with Gasteiger partial charge in [-0.05, 0) is 32.7 Å². The minimum Gasteiger partial charge on any atom is -0.370 e. The zero-order valence-electron chi connectivity index (χ0n) is 9.71. The van der Waals surface area contributed by atoms with Gasteiger partial charge in [-0.25, -0.2) is 0 Å². The molecule has 1 saturated heterocycles. The summed E-state index contributed by atoms with van der Waals surface area (Å²) in [5.74, 6) is -0.0117. The van der Waals surface area contributed by atoms with Crippen molar-refractivity contribution in [1.82, 2.24) is 10.6 Å². The topological polar surface area (TPSA) is 50.4 Å². The second-order valence-corrected chi connectivity index (χ2v) is 4.19. The number of rotatable bonds is 6. The first-order chi connectivity index (χ1) is 7.22. The molecule has 0 aromatic carbocycles. The number of hydrogen-bond acceptors (Lipinski definition) is 3. The van der Waals surface area contributed by atoms with Crippen LogP contribution >= 0.6 is 0 Å². The van der Waals surface area contributed by atoms with Gasteiger partial charge < -0.3 is 15.4 Å². The Bertz CT molecular complexity index is 191. The van der Waals surface area contributed by atoms with E-state index in [1.165, 1.54) is 6.42 Å². The van der Waals surface area contributed by atoms with Crippen LogP contribution in [0.3, 0.4) is 0 Å². The van der Waals surface area contributed by atoms with Crippen LogP contribution in [-0.2, 0) is 9.53 Å². The summed E-state index contributed by atoms with van der Waals surface area (Å²) in [4.78, 5) is 11.3. The van der Waals surface area contributed by atoms with Gasteiger partial charge in [0.1, 0.15) is 6.61 Å². The Morgan fingerprint density at radius 3 is 3.07 bits per heavy atom. The third-order valence-electron chi connectivity index (χ3n) is 2.73. The lowest BCUT2D eigenvalue weighted by atomic mass is 10.2. The molecule has 4 heteroatoms. The molecule has 4 nitrogen and oxygen atoms in total. The molecule has 15 heavy (non-hydrogen) atoms. The number of carbonyl (C=O) groups is 1. The average molecular weight is 214 g/mol. The minimum atomic E-state index is -0.0117. The summed E-state index contributed by atoms with van der Waals surface area (Å²) in [6, 6.07) is 0.687. The summed E-state index contributed by atoms with van der Waals surface area (Å²) in [5, 5.41) is 6.20. The van der Waals surface area contributed by atoms with E-state index in [9.17, 15) is 4.79 Å². The SMILES string of the molecule is CCC(C)NC(=O)COCC1CCCN1. The molecule has 1 amide bonds. The maximum Gasteiger partial charge on any atom is 0.246 e. The fourth-order valence-electron chi connectivity index (χ4n) is 1.61. The zero-order chi connectivity index (χ0) is 11.1. The van der Waals surface area contributed by atoms with Crippen molar-refractivity contribution in [2.75, 3.05) is 19.8 Å². The molecule has 2 atom stereocenters. The molecule has 1 aliphatic heterocycles. The zero-order valence-corrected chi connectivity index (χ0v) is 9.71. The molecule has 0 spiro atoms. The van der Waals surface area contributed by atoms with Crippen LogP contribution in [-0.4, -0.2) is 37.7 Å². The fourth-order valence-corrected chi connectivity index (χ4v) is 1.61. The van der Waals surface area contributed by atoms with Gasteiger partial charge in [-0.1, -0.05) is 6.92 Å². The molecule has 1 rings (SSSR count). The third kappa shape index (κ3) is 5.14. The smallest absolute Gasteiger partial charge is 0.246 e. The molecular weight excluding hydrogens is 192 g/mol. The first kappa shape index (κ1) is 12.5. The van der Waals surface area contributed by atoms with Crippen LogP contribution in [0.5, 0.6) is 0 Å². The molecule has 0 bridgehead atoms. The first-order valence-electron chi connectivity index (χ1n) is 5.83. The normalized spacial score (nSPS) is 22.7. The summed E-state index contributed by atoms with van der Waals surface area (Å²) in [7, 11) is 0. The Morgan fingerprint density at radius 2 is 2.47 bits per heavy atom. The van der Waals surface area contributed by atoms with Crippen molar-refractivity contribution < 1.29 is 9.53 Å². The predicted molar refractivity (Wildman–Crippen MR) is 59.7 cm³/mol. The molecule has 2 N–H and O–H groups in total. The highest BCUT2D eigenvalue weighted by atomic mass is 16.5. The molecule has 2 unspecified atom stereocenters. The molecule has 88 valence electrons. The molecule has 0 radical (unpaired) electrons. The van der Waals surface area contributed by atoms with Gasteiger partial charge in [-0.3, -0.25) is 4.79 Å². The van der Waals surface area contributed by atoms with E-state index in [1.54, 1.807) is 0 Å². The molecule has 0 aromatic rings. The van der Waals surface area contributed by atoms with Crippen LogP contribution in [0, 0.1) is 0 Å². The maximum atomic E-state index is 11.3. The monoisotopic (exact) mass is 214 g/mol. The fraction of sp³-hybridized carbons (Fsp3) is 0.909. The van der Waals surface area contributed by atoms with E-state index < -0.39 is 0 Å². The Hall–Kier alpha value is -0.610. The van der Waals surface area contributed by atoms with Crippen LogP contribution in [0.15, 0.2) is 0 Å². The lowest BCUT2D eigenvalue weighted by molar-refractivity contribution is -0.126. The van der Waals surface area contributed by atoms with Gasteiger partial charge in [0.2, 0.25) is 5.91 Å². The van der Waals surface area contributed by atoms with E-state index >= 15 is 0 Å². The van der Waals surface area contributed by atoms with E-state index in [2.05, 4.69) is 10.6 Å². The largest absolute Gasteiger partial charge is 0.370 e. The van der Waals surface area contributed by atoms with E-state index in [0.717, 1.165) is 19.4 Å². The molecule has 0 aliphatic carbocycles. The van der Waals surface area contributed by atoms with Crippen LogP contribution in [0.25, 0.3) is 0 Å². The van der Waals surface area contributed by atoms with Crippen molar-refractivity contribution >= 4 is 5.91 Å². The van der Waals surface area contributed by atoms with Gasteiger partial charge in [0, 0.05) is 12.1 Å². The summed E-state index contributed by atoms with van der Waals surface area (Å²) in [5.41, 5.74) is 0. The van der Waals surface area contributed by atoms with E-state index in [0.29, 0.717) is 12.6 Å². The Balaban J connectivity index is 2.01. The summed E-state index contributed by atoms with van der Waals surface area (Å²) >= 11 is 0. The number of nitrogens with one attached hydrogen (secondary N) is 2. The Labute approximate surface area is 91.8 Å². The maximum absolute atomic E-state index is 11.3. The summed E-state index contributed by atoms with van der Waals surface area (Å²) < 4.78 is 5.35. The van der Waals surface area contributed by atoms with E-state index in [4.69, 9.17) is 4.74 Å². The third-order valence-corrected chi connectivity index (χ3v) is 2.73. The van der Waals surface area contributed by atoms with Crippen LogP contribution < -0.4 is 10.6 Å². The van der Waals surface area contributed by atoms with Crippen molar-refractivity contribution in [2.45, 2.75) is 45.2 Å². The summed E-state index contributed by atoms with van der Waals surface area (Å²) in [6.45, 7) is 5.95. The van der Waals surface area contributed by atoms with Crippen molar-refractivity contribution in [3.05, 3.63) is 0 Å². The van der Waals surface area contributed by atoms with Gasteiger partial charge >= 0.3 is 0 Å². The second-order valence-electron chi connectivity index (χ2n) is 4.19. The van der Waals surface area contributed by atoms with E-state index in [-0.39, 0.29) is 18.6 Å². The number of amides is 1. The number of ether oxygens (including phenoxy) is 1. The molecular formula is C11H22N2O2. The highest BCUT2D eigenvalue weighted by Crippen LogP contribution is 2.04. The molecule has 0 aromatic heterocycles. The van der Waals surface area contributed by atoms with Crippen LogP contribution in [0.2, 0.25) is 0 Å². The predicted octanol–water partition coefficient (Wildman–Crippen LogP) is 0.670. The summed E-state index contributed by atoms with van der Waals surface area (Å²) in [6.07, 6.45) is 3.33. The van der Waals surface area contributed by atoms with Gasteiger partial charge in [0.25, 0.3) is 0 Å². The lowest BCUT2D eigenvalue weighted by Crippen LogP contribution is -2.36. The van der Waals surface area contributed by atoms with Crippen molar-refractivity contribution in [3.63, 3.8) is 0 Å². The van der Waals surface area contributed by atoms with Crippen molar-refractivity contribution in [1.29, 1.82) is 0 Å². The second kappa shape index (κ2) is 6.80. The van der Waals surface area contributed by atoms with E-state index in [1.807, 2.05) is 13.8 Å². The molecule has 0 saturated carbocycles. The Kier molecular flexibility index (Phi) is 5.65. The van der Waals surface area contributed by atoms with Crippen LogP contribution in [0.4, 0.5) is 0 Å². The molecule has 1 aliphatic rings. The van der Waals surface area contributed by atoms with Gasteiger partial charge in [-0.2, -0.15) is 0 Å². The number of carbonyl (C=O) groups excluding carboxylic acids is 1. The van der Waals surface area contributed by atoms with Crippen molar-refractivity contribution in [3.8, 4) is 0 Å². The molecule has 1 heterocycles. The standard InChI is InChI=1S/C11H22N2O2/c1-3-9(2)13-11(14)8-15-7-10-5-4-6-12-10/h9-10,12H,3-8H2,1-2H3,(H,13,14). The van der Waals surface area contributed by atoms with Crippen LogP contribution in [0.1, 0.15) is 33.1 Å². The Morgan fingerprint density at radius 1 is 1.67 bits per heavy atom. The highest BCUT2D eigenvalue weighted by Gasteiger charge is 2.14. The van der Waals surface area contributed by atoms with Gasteiger partial charge in [0.05, 0.1) is 6.61 Å².